The van der Waals surface area contributed by atoms with Crippen LogP contribution < -0.4 is 4.74 Å². The summed E-state index contributed by atoms with van der Waals surface area (Å²) in [5, 5.41) is 9.45. The van der Waals surface area contributed by atoms with Crippen LogP contribution in [0.1, 0.15) is 11.1 Å². The van der Waals surface area contributed by atoms with E-state index < -0.39 is 0 Å². The Balaban J connectivity index is 2.28. The number of aromatic nitrogens is 1. The summed E-state index contributed by atoms with van der Waals surface area (Å²) < 4.78 is 18.4. The first-order valence-corrected chi connectivity index (χ1v) is 5.15. The van der Waals surface area contributed by atoms with E-state index in [1.54, 1.807) is 24.4 Å². The number of methoxy groups -OCH3 is 1. The van der Waals surface area contributed by atoms with Crippen LogP contribution in [0.15, 0.2) is 36.7 Å². The molecule has 2 aromatic rings. The molecule has 2 rings (SSSR count). The summed E-state index contributed by atoms with van der Waals surface area (Å²) in [5.41, 5.74) is 1.43. The Bertz CT molecular complexity index is 529. The van der Waals surface area contributed by atoms with E-state index in [1.807, 2.05) is 0 Å². The minimum Gasteiger partial charge on any atom is -0.504 e. The lowest BCUT2D eigenvalue weighted by Gasteiger charge is -2.07. The number of halogens is 1. The summed E-state index contributed by atoms with van der Waals surface area (Å²) in [6.45, 7) is 0. The van der Waals surface area contributed by atoms with Crippen molar-refractivity contribution in [2.75, 3.05) is 7.11 Å². The van der Waals surface area contributed by atoms with Gasteiger partial charge in [0.1, 0.15) is 5.82 Å². The molecule has 0 aliphatic carbocycles. The monoisotopic (exact) mass is 233 g/mol. The fraction of sp³-hybridized carbons (Fsp3) is 0.154. The lowest BCUT2D eigenvalue weighted by atomic mass is 10.1. The van der Waals surface area contributed by atoms with Crippen LogP contribution in [-0.2, 0) is 6.42 Å². The number of hydrogen-bond donors (Lipinski definition) is 1. The maximum absolute atomic E-state index is 13.4. The summed E-state index contributed by atoms with van der Waals surface area (Å²) >= 11 is 0. The molecule has 0 aliphatic rings. The van der Waals surface area contributed by atoms with E-state index in [4.69, 9.17) is 4.74 Å². The fourth-order valence-electron chi connectivity index (χ4n) is 1.60. The highest BCUT2D eigenvalue weighted by Crippen LogP contribution is 2.27. The number of phenolic OH excluding ortho intramolecular Hbond substituents is 1. The molecule has 0 saturated carbocycles. The Morgan fingerprint density at radius 3 is 2.88 bits per heavy atom. The van der Waals surface area contributed by atoms with Gasteiger partial charge in [0.05, 0.1) is 13.3 Å². The van der Waals surface area contributed by atoms with Gasteiger partial charge in [-0.3, -0.25) is 4.98 Å². The Morgan fingerprint density at radius 1 is 1.35 bits per heavy atom. The number of aromatic hydroxyl groups is 1. The zero-order chi connectivity index (χ0) is 12.3. The van der Waals surface area contributed by atoms with Crippen molar-refractivity contribution in [1.29, 1.82) is 0 Å². The van der Waals surface area contributed by atoms with Gasteiger partial charge in [-0.1, -0.05) is 6.07 Å². The average molecular weight is 233 g/mol. The maximum atomic E-state index is 13.4. The van der Waals surface area contributed by atoms with Gasteiger partial charge in [-0.05, 0) is 29.3 Å². The maximum Gasteiger partial charge on any atom is 0.160 e. The van der Waals surface area contributed by atoms with Crippen molar-refractivity contribution in [2.45, 2.75) is 6.42 Å². The number of hydrogen-bond acceptors (Lipinski definition) is 3. The first kappa shape index (κ1) is 11.4. The molecule has 0 aliphatic heterocycles. The van der Waals surface area contributed by atoms with Crippen LogP contribution in [0.2, 0.25) is 0 Å². The normalized spacial score (nSPS) is 10.2. The molecule has 17 heavy (non-hydrogen) atoms. The van der Waals surface area contributed by atoms with Crippen LogP contribution >= 0.6 is 0 Å². The molecule has 1 aromatic carbocycles. The van der Waals surface area contributed by atoms with Gasteiger partial charge in [-0.15, -0.1) is 0 Å². The fourth-order valence-corrected chi connectivity index (χ4v) is 1.60. The van der Waals surface area contributed by atoms with E-state index in [-0.39, 0.29) is 11.6 Å². The highest BCUT2D eigenvalue weighted by Gasteiger charge is 2.06. The van der Waals surface area contributed by atoms with Crippen LogP contribution in [0.5, 0.6) is 11.5 Å². The van der Waals surface area contributed by atoms with Gasteiger partial charge in [-0.2, -0.15) is 0 Å². The molecule has 0 saturated heterocycles. The molecule has 0 unspecified atom stereocenters. The molecule has 88 valence electrons. The van der Waals surface area contributed by atoms with E-state index in [1.165, 1.54) is 19.4 Å². The van der Waals surface area contributed by atoms with Crippen molar-refractivity contribution in [3.05, 3.63) is 53.6 Å². The highest BCUT2D eigenvalue weighted by molar-refractivity contribution is 5.43. The summed E-state index contributed by atoms with van der Waals surface area (Å²) in [6, 6.07) is 6.59. The number of benzene rings is 1. The molecule has 0 fully saturated rings. The molecule has 0 spiro atoms. The lowest BCUT2D eigenvalue weighted by Crippen LogP contribution is -1.94. The third kappa shape index (κ3) is 2.53. The lowest BCUT2D eigenvalue weighted by molar-refractivity contribution is 0.373. The van der Waals surface area contributed by atoms with Gasteiger partial charge in [0.15, 0.2) is 11.5 Å². The summed E-state index contributed by atoms with van der Waals surface area (Å²) in [7, 11) is 1.48. The molecule has 0 radical (unpaired) electrons. The van der Waals surface area contributed by atoms with E-state index >= 15 is 0 Å². The van der Waals surface area contributed by atoms with Crippen molar-refractivity contribution in [2.24, 2.45) is 0 Å². The Labute approximate surface area is 98.5 Å². The molecule has 0 bridgehead atoms. The zero-order valence-corrected chi connectivity index (χ0v) is 9.35. The number of rotatable bonds is 3. The van der Waals surface area contributed by atoms with Crippen LogP contribution in [0.25, 0.3) is 0 Å². The molecule has 0 amide bonds. The summed E-state index contributed by atoms with van der Waals surface area (Å²) in [6.07, 6.45) is 3.17. The molecule has 1 heterocycles. The summed E-state index contributed by atoms with van der Waals surface area (Å²) in [5.74, 6) is 0.128. The third-order valence-corrected chi connectivity index (χ3v) is 2.50. The predicted molar refractivity (Wildman–Crippen MR) is 61.7 cm³/mol. The molecular weight excluding hydrogens is 221 g/mol. The number of phenols is 1. The first-order chi connectivity index (χ1) is 8.20. The van der Waals surface area contributed by atoms with Gasteiger partial charge in [0, 0.05) is 12.6 Å². The zero-order valence-electron chi connectivity index (χ0n) is 9.35. The van der Waals surface area contributed by atoms with E-state index in [0.717, 1.165) is 5.56 Å². The molecule has 4 heteroatoms. The second kappa shape index (κ2) is 4.82. The Kier molecular flexibility index (Phi) is 3.23. The average Bonchev–Trinajstić information content (AvgIpc) is 2.34. The largest absolute Gasteiger partial charge is 0.504 e. The van der Waals surface area contributed by atoms with Crippen LogP contribution in [0, 0.1) is 5.82 Å². The highest BCUT2D eigenvalue weighted by atomic mass is 19.1. The van der Waals surface area contributed by atoms with Gasteiger partial charge >= 0.3 is 0 Å². The minimum absolute atomic E-state index is 0.0754. The van der Waals surface area contributed by atoms with Crippen molar-refractivity contribution in [1.82, 2.24) is 4.98 Å². The quantitative estimate of drug-likeness (QED) is 0.885. The minimum atomic E-state index is -0.334. The predicted octanol–water partition coefficient (Wildman–Crippen LogP) is 2.53. The van der Waals surface area contributed by atoms with Crippen molar-refractivity contribution in [3.63, 3.8) is 0 Å². The molecule has 3 nitrogen and oxygen atoms in total. The number of nitrogens with zero attached hydrogens (tertiary/aromatic N) is 1. The number of pyridine rings is 1. The topological polar surface area (TPSA) is 42.4 Å². The van der Waals surface area contributed by atoms with Crippen LogP contribution in [-0.4, -0.2) is 17.2 Å². The SMILES string of the molecule is COc1cc(Cc2ccncc2F)ccc1O. The van der Waals surface area contributed by atoms with Gasteiger partial charge in [-0.25, -0.2) is 4.39 Å². The Morgan fingerprint density at radius 2 is 2.18 bits per heavy atom. The molecule has 0 atom stereocenters. The van der Waals surface area contributed by atoms with Crippen molar-refractivity contribution in [3.8, 4) is 11.5 Å². The smallest absolute Gasteiger partial charge is 0.160 e. The Hall–Kier alpha value is -2.10. The third-order valence-electron chi connectivity index (χ3n) is 2.50. The van der Waals surface area contributed by atoms with Gasteiger partial charge in [0.25, 0.3) is 0 Å². The van der Waals surface area contributed by atoms with Crippen molar-refractivity contribution >= 4 is 0 Å². The first-order valence-electron chi connectivity index (χ1n) is 5.15. The second-order valence-corrected chi connectivity index (χ2v) is 3.65. The molecule has 1 aromatic heterocycles. The van der Waals surface area contributed by atoms with Crippen LogP contribution in [0.4, 0.5) is 4.39 Å². The van der Waals surface area contributed by atoms with Gasteiger partial charge in [0.2, 0.25) is 0 Å². The second-order valence-electron chi connectivity index (χ2n) is 3.65. The van der Waals surface area contributed by atoms with E-state index in [2.05, 4.69) is 4.98 Å². The summed E-state index contributed by atoms with van der Waals surface area (Å²) in [4.78, 5) is 3.69. The molecular formula is C13H12FNO2. The number of ether oxygens (including phenoxy) is 1. The van der Waals surface area contributed by atoms with E-state index in [9.17, 15) is 9.50 Å². The van der Waals surface area contributed by atoms with Gasteiger partial charge < -0.3 is 9.84 Å². The van der Waals surface area contributed by atoms with Crippen LogP contribution in [0.3, 0.4) is 0 Å². The molecule has 1 N–H and O–H groups in total. The van der Waals surface area contributed by atoms with E-state index in [0.29, 0.717) is 17.7 Å². The van der Waals surface area contributed by atoms with Crippen molar-refractivity contribution < 1.29 is 14.2 Å². The standard InChI is InChI=1S/C13H12FNO2/c1-17-13-7-9(2-3-12(13)16)6-10-4-5-15-8-11(10)14/h2-5,7-8,16H,6H2,1H3.